The fraction of sp³-hybridized carbons (Fsp3) is 0.423. The maximum Gasteiger partial charge on any atom is 0.519 e. The molecule has 3 unspecified atom stereocenters. The number of ether oxygens (including phenoxy) is 5. The Morgan fingerprint density at radius 2 is 1.71 bits per heavy atom. The predicted molar refractivity (Wildman–Crippen MR) is 142 cm³/mol. The summed E-state index contributed by atoms with van der Waals surface area (Å²) < 4.78 is 24.2. The largest absolute Gasteiger partial charge is 0.519 e. The fourth-order valence-corrected chi connectivity index (χ4v) is 5.25. The molecule has 0 aromatic heterocycles. The van der Waals surface area contributed by atoms with Gasteiger partial charge in [-0.2, -0.15) is 0 Å². The number of hydrogen-bond donors (Lipinski definition) is 0. The van der Waals surface area contributed by atoms with Gasteiger partial charge < -0.3 is 23.7 Å². The Balaban J connectivity index is 0.000000348. The SMILES string of the molecule is C=CSC1N(C(C(=O)OC)=C(C)C)C(=O)C1(CC)C(OC(C)=O)OC(C)=O.O=C1Oc2ccc(cc2)C([N+](=O)[O-])O1. The van der Waals surface area contributed by atoms with Gasteiger partial charge in [0.25, 0.3) is 6.29 Å². The molecule has 1 amide bonds. The van der Waals surface area contributed by atoms with Crippen LogP contribution >= 0.6 is 11.8 Å². The highest BCUT2D eigenvalue weighted by molar-refractivity contribution is 8.02. The van der Waals surface area contributed by atoms with Gasteiger partial charge in [-0.3, -0.25) is 29.4 Å². The molecule has 1 aromatic carbocycles. The van der Waals surface area contributed by atoms with Gasteiger partial charge in [-0.1, -0.05) is 13.5 Å². The first-order chi connectivity index (χ1) is 19.2. The Morgan fingerprint density at radius 1 is 1.15 bits per heavy atom. The van der Waals surface area contributed by atoms with Crippen LogP contribution in [0, 0.1) is 15.5 Å². The quantitative estimate of drug-likeness (QED) is 0.0589. The van der Waals surface area contributed by atoms with Crippen molar-refractivity contribution in [2.24, 2.45) is 5.41 Å². The molecule has 4 rings (SSSR count). The maximum absolute atomic E-state index is 13.2. The minimum Gasteiger partial charge on any atom is -0.464 e. The lowest BCUT2D eigenvalue weighted by Gasteiger charge is -2.56. The molecule has 3 atom stereocenters. The van der Waals surface area contributed by atoms with E-state index in [0.717, 1.165) is 25.6 Å². The molecule has 41 heavy (non-hydrogen) atoms. The van der Waals surface area contributed by atoms with Gasteiger partial charge in [-0.15, -0.1) is 11.8 Å². The van der Waals surface area contributed by atoms with Gasteiger partial charge in [-0.25, -0.2) is 9.59 Å². The highest BCUT2D eigenvalue weighted by atomic mass is 32.2. The average molecular weight is 595 g/mol. The highest BCUT2D eigenvalue weighted by Crippen LogP contribution is 2.53. The number of β-lactam (4-membered cyclic amide) rings is 1. The minimum atomic E-state index is -1.49. The fourth-order valence-electron chi connectivity index (χ4n) is 4.12. The number of hydrogen-bond acceptors (Lipinski definition) is 13. The molecule has 1 aromatic rings. The molecular weight excluding hydrogens is 564 g/mol. The van der Waals surface area contributed by atoms with E-state index in [-0.39, 0.29) is 12.1 Å². The van der Waals surface area contributed by atoms with Gasteiger partial charge in [0, 0.05) is 13.8 Å². The summed E-state index contributed by atoms with van der Waals surface area (Å²) in [5.74, 6) is -2.26. The van der Waals surface area contributed by atoms with Gasteiger partial charge in [0.15, 0.2) is 5.41 Å². The maximum atomic E-state index is 13.2. The smallest absolute Gasteiger partial charge is 0.464 e. The lowest BCUT2D eigenvalue weighted by molar-refractivity contribution is -0.575. The number of likely N-dealkylation sites (tertiary alicyclic amines) is 1. The molecule has 1 saturated heterocycles. The van der Waals surface area contributed by atoms with Crippen molar-refractivity contribution in [3.63, 3.8) is 0 Å². The van der Waals surface area contributed by atoms with E-state index in [0.29, 0.717) is 16.9 Å². The number of carbonyl (C=O) groups excluding carboxylic acids is 5. The minimum absolute atomic E-state index is 0.0929. The second-order valence-corrected chi connectivity index (χ2v) is 9.84. The van der Waals surface area contributed by atoms with Crippen LogP contribution in [0.3, 0.4) is 0 Å². The number of benzene rings is 1. The third kappa shape index (κ3) is 7.03. The van der Waals surface area contributed by atoms with E-state index in [1.165, 1.54) is 41.7 Å². The van der Waals surface area contributed by atoms with E-state index < -0.39 is 58.2 Å². The molecule has 0 N–H and O–H groups in total. The van der Waals surface area contributed by atoms with Gasteiger partial charge in [0.1, 0.15) is 16.8 Å². The lowest BCUT2D eigenvalue weighted by atomic mass is 9.74. The summed E-state index contributed by atoms with van der Waals surface area (Å²) in [6.45, 7) is 11.1. The topological polar surface area (TPSA) is 178 Å². The molecule has 3 aliphatic heterocycles. The van der Waals surface area contributed by atoms with Crippen molar-refractivity contribution in [1.29, 1.82) is 0 Å². The number of amides is 1. The first-order valence-electron chi connectivity index (χ1n) is 12.1. The average Bonchev–Trinajstić information content (AvgIpc) is 2.88. The lowest BCUT2D eigenvalue weighted by Crippen LogP contribution is -2.72. The van der Waals surface area contributed by atoms with Crippen LogP contribution in [0.25, 0.3) is 0 Å². The van der Waals surface area contributed by atoms with Gasteiger partial charge in [-0.05, 0) is 55.5 Å². The zero-order chi connectivity index (χ0) is 31.1. The van der Waals surface area contributed by atoms with Crippen molar-refractivity contribution in [3.05, 3.63) is 63.2 Å². The summed E-state index contributed by atoms with van der Waals surface area (Å²) in [6.07, 6.45) is -3.77. The summed E-state index contributed by atoms with van der Waals surface area (Å²) in [5.41, 5.74) is -0.373. The number of fused-ring (bicyclic) bond motifs is 5. The highest BCUT2D eigenvalue weighted by Gasteiger charge is 2.68. The Kier molecular flexibility index (Phi) is 11.0. The number of nitro groups is 1. The number of allylic oxidation sites excluding steroid dienone is 1. The van der Waals surface area contributed by atoms with Crippen LogP contribution in [0.1, 0.15) is 52.8 Å². The molecule has 222 valence electrons. The second kappa shape index (κ2) is 13.8. The second-order valence-electron chi connectivity index (χ2n) is 8.79. The first-order valence-corrected chi connectivity index (χ1v) is 13.0. The molecule has 1 fully saturated rings. The van der Waals surface area contributed by atoms with Crippen molar-refractivity contribution in [2.45, 2.75) is 58.9 Å². The van der Waals surface area contributed by atoms with E-state index in [9.17, 15) is 34.1 Å². The van der Waals surface area contributed by atoms with E-state index in [1.807, 2.05) is 0 Å². The molecule has 0 radical (unpaired) electrons. The van der Waals surface area contributed by atoms with Crippen molar-refractivity contribution in [3.8, 4) is 5.75 Å². The number of methoxy groups -OCH3 is 1. The van der Waals surface area contributed by atoms with Gasteiger partial charge in [0.05, 0.1) is 17.6 Å². The molecule has 15 heteroatoms. The number of rotatable bonds is 9. The van der Waals surface area contributed by atoms with E-state index in [4.69, 9.17) is 14.2 Å². The summed E-state index contributed by atoms with van der Waals surface area (Å²) in [4.78, 5) is 70.5. The first kappa shape index (κ1) is 32.8. The molecule has 2 bridgehead atoms. The third-order valence-corrected chi connectivity index (χ3v) is 7.01. The van der Waals surface area contributed by atoms with Crippen molar-refractivity contribution >= 4 is 41.7 Å². The molecular formula is C26H30N2O12S. The monoisotopic (exact) mass is 594 g/mol. The zero-order valence-corrected chi connectivity index (χ0v) is 24.1. The Hall–Kier alpha value is -4.40. The van der Waals surface area contributed by atoms with E-state index >= 15 is 0 Å². The normalized spacial score (nSPS) is 20.5. The molecule has 3 aliphatic rings. The van der Waals surface area contributed by atoms with Crippen LogP contribution in [0.5, 0.6) is 5.75 Å². The Labute approximate surface area is 239 Å². The van der Waals surface area contributed by atoms with Crippen molar-refractivity contribution < 1.29 is 52.6 Å². The third-order valence-electron chi connectivity index (χ3n) is 5.93. The van der Waals surface area contributed by atoms with E-state index in [1.54, 1.807) is 20.8 Å². The van der Waals surface area contributed by atoms with Crippen LogP contribution in [-0.2, 0) is 38.1 Å². The number of thioether (sulfide) groups is 1. The molecule has 0 aliphatic carbocycles. The summed E-state index contributed by atoms with van der Waals surface area (Å²) in [6, 6.07) is 5.92. The van der Waals surface area contributed by atoms with E-state index in [2.05, 4.69) is 16.1 Å². The van der Waals surface area contributed by atoms with Crippen LogP contribution in [0.15, 0.2) is 47.5 Å². The Bertz CT molecular complexity index is 1240. The van der Waals surface area contributed by atoms with Crippen molar-refractivity contribution in [1.82, 2.24) is 4.90 Å². The van der Waals surface area contributed by atoms with Crippen LogP contribution < -0.4 is 4.74 Å². The zero-order valence-electron chi connectivity index (χ0n) is 23.2. The number of nitrogens with zero attached hydrogens (tertiary/aromatic N) is 2. The summed E-state index contributed by atoms with van der Waals surface area (Å²) in [7, 11) is 1.22. The number of carbonyl (C=O) groups is 5. The Morgan fingerprint density at radius 3 is 2.12 bits per heavy atom. The van der Waals surface area contributed by atoms with Crippen LogP contribution in [-0.4, -0.2) is 58.6 Å². The van der Waals surface area contributed by atoms with Crippen LogP contribution in [0.2, 0.25) is 0 Å². The van der Waals surface area contributed by atoms with Gasteiger partial charge in [0.2, 0.25) is 5.91 Å². The molecule has 0 saturated carbocycles. The summed E-state index contributed by atoms with van der Waals surface area (Å²) >= 11 is 1.16. The molecule has 3 heterocycles. The summed E-state index contributed by atoms with van der Waals surface area (Å²) in [5, 5.41) is 11.4. The van der Waals surface area contributed by atoms with Gasteiger partial charge >= 0.3 is 30.3 Å². The van der Waals surface area contributed by atoms with Crippen LogP contribution in [0.4, 0.5) is 4.79 Å². The molecule has 14 nitrogen and oxygen atoms in total. The standard InChI is InChI=1S/C18H25NO7S.C8H5NO5/c1-8-18(17(25-11(5)20)26-12(6)21)15(23)19(16(18)27-9-2)13(10(3)4)14(22)24-7;10-8-13-6-3-1-5(2-4-6)7(14-8)9(11)12/h9,16-17H,2,8H2,1,3-7H3;1-4,7H. The number of esters is 3. The predicted octanol–water partition coefficient (Wildman–Crippen LogP) is 3.84. The van der Waals surface area contributed by atoms with Crippen molar-refractivity contribution in [2.75, 3.05) is 7.11 Å². The molecule has 0 spiro atoms.